The molecule has 0 saturated carbocycles. The number of fused-ring (bicyclic) bond motifs is 1. The first-order valence-electron chi connectivity index (χ1n) is 6.26. The molecule has 0 spiro atoms. The van der Waals surface area contributed by atoms with Gasteiger partial charge in [-0.1, -0.05) is 18.2 Å². The number of carbonyl (C=O) groups is 1. The predicted molar refractivity (Wildman–Crippen MR) is 79.6 cm³/mol. The molecule has 1 aromatic carbocycles. The van der Waals surface area contributed by atoms with Crippen molar-refractivity contribution < 1.29 is 9.53 Å². The standard InChI is InChI=1S/C15H14N2O2S/c1-17-12-6-4-3-5-10(12)11(16-17)9-13(18)15-14(19-2)7-8-20-15/h3-8H,9H2,1-2H3. The number of Topliss-reactive ketones (excluding diaryl/α,β-unsaturated/α-hetero) is 1. The van der Waals surface area contributed by atoms with Crippen LogP contribution in [0.2, 0.25) is 0 Å². The fraction of sp³-hybridized carbons (Fsp3) is 0.200. The first kappa shape index (κ1) is 12.9. The lowest BCUT2D eigenvalue weighted by Gasteiger charge is -2.00. The van der Waals surface area contributed by atoms with E-state index in [-0.39, 0.29) is 12.2 Å². The van der Waals surface area contributed by atoms with Crippen LogP contribution in [0.4, 0.5) is 0 Å². The summed E-state index contributed by atoms with van der Waals surface area (Å²) in [7, 11) is 3.47. The van der Waals surface area contributed by atoms with Crippen LogP contribution in [0.15, 0.2) is 35.7 Å². The molecule has 5 heteroatoms. The number of hydrogen-bond donors (Lipinski definition) is 0. The van der Waals surface area contributed by atoms with E-state index in [1.165, 1.54) is 11.3 Å². The van der Waals surface area contributed by atoms with Gasteiger partial charge in [-0.15, -0.1) is 11.3 Å². The molecule has 3 aromatic rings. The molecule has 0 saturated heterocycles. The second-order valence-corrected chi connectivity index (χ2v) is 5.42. The molecule has 2 aromatic heterocycles. The quantitative estimate of drug-likeness (QED) is 0.692. The van der Waals surface area contributed by atoms with Gasteiger partial charge >= 0.3 is 0 Å². The largest absolute Gasteiger partial charge is 0.495 e. The number of ketones is 1. The average Bonchev–Trinajstić information content (AvgIpc) is 3.05. The molecular weight excluding hydrogens is 272 g/mol. The van der Waals surface area contributed by atoms with E-state index in [4.69, 9.17) is 4.74 Å². The minimum Gasteiger partial charge on any atom is -0.495 e. The van der Waals surface area contributed by atoms with E-state index in [0.717, 1.165) is 16.6 Å². The summed E-state index contributed by atoms with van der Waals surface area (Å²) in [5.41, 5.74) is 1.84. The van der Waals surface area contributed by atoms with Crippen LogP contribution in [0.25, 0.3) is 10.9 Å². The highest BCUT2D eigenvalue weighted by Gasteiger charge is 2.17. The first-order chi connectivity index (χ1) is 9.70. The van der Waals surface area contributed by atoms with Crippen molar-refractivity contribution in [2.45, 2.75) is 6.42 Å². The Kier molecular flexibility index (Phi) is 3.28. The second kappa shape index (κ2) is 5.09. The summed E-state index contributed by atoms with van der Waals surface area (Å²) in [6.45, 7) is 0. The number of thiophene rings is 1. The third-order valence-corrected chi connectivity index (χ3v) is 4.20. The van der Waals surface area contributed by atoms with Crippen LogP contribution in [-0.4, -0.2) is 22.7 Å². The normalized spacial score (nSPS) is 10.9. The molecule has 0 aliphatic heterocycles. The molecule has 0 radical (unpaired) electrons. The molecule has 0 bridgehead atoms. The summed E-state index contributed by atoms with van der Waals surface area (Å²) in [4.78, 5) is 13.0. The molecule has 0 atom stereocenters. The van der Waals surface area contributed by atoms with E-state index in [2.05, 4.69) is 5.10 Å². The first-order valence-corrected chi connectivity index (χ1v) is 7.14. The maximum Gasteiger partial charge on any atom is 0.182 e. The van der Waals surface area contributed by atoms with Gasteiger partial charge in [0.25, 0.3) is 0 Å². The Morgan fingerprint density at radius 3 is 2.95 bits per heavy atom. The Labute approximate surface area is 120 Å². The fourth-order valence-electron chi connectivity index (χ4n) is 2.31. The number of rotatable bonds is 4. The average molecular weight is 286 g/mol. The van der Waals surface area contributed by atoms with E-state index < -0.39 is 0 Å². The summed E-state index contributed by atoms with van der Waals surface area (Å²) in [5, 5.41) is 7.35. The van der Waals surface area contributed by atoms with E-state index in [1.54, 1.807) is 7.11 Å². The number of carbonyl (C=O) groups excluding carboxylic acids is 1. The van der Waals surface area contributed by atoms with E-state index >= 15 is 0 Å². The molecular formula is C15H14N2O2S. The molecule has 0 N–H and O–H groups in total. The van der Waals surface area contributed by atoms with Gasteiger partial charge in [-0.25, -0.2) is 0 Å². The SMILES string of the molecule is COc1ccsc1C(=O)Cc1nn(C)c2ccccc12. The third-order valence-electron chi connectivity index (χ3n) is 3.26. The minimum absolute atomic E-state index is 0.0423. The zero-order chi connectivity index (χ0) is 14.1. The Balaban J connectivity index is 1.96. The summed E-state index contributed by atoms with van der Waals surface area (Å²) in [6.07, 6.45) is 0.290. The third kappa shape index (κ3) is 2.10. The number of ether oxygens (including phenoxy) is 1. The van der Waals surface area contributed by atoms with Gasteiger partial charge in [0.2, 0.25) is 0 Å². The van der Waals surface area contributed by atoms with Gasteiger partial charge in [-0.2, -0.15) is 5.10 Å². The molecule has 0 amide bonds. The van der Waals surface area contributed by atoms with Crippen LogP contribution in [0.5, 0.6) is 5.75 Å². The zero-order valence-corrected chi connectivity index (χ0v) is 12.1. The lowest BCUT2D eigenvalue weighted by atomic mass is 10.1. The van der Waals surface area contributed by atoms with E-state index in [0.29, 0.717) is 10.6 Å². The summed E-state index contributed by atoms with van der Waals surface area (Å²) in [5.74, 6) is 0.681. The molecule has 2 heterocycles. The van der Waals surface area contributed by atoms with E-state index in [1.807, 2.05) is 47.4 Å². The number of nitrogens with zero attached hydrogens (tertiary/aromatic N) is 2. The lowest BCUT2D eigenvalue weighted by Crippen LogP contribution is -2.04. The van der Waals surface area contributed by atoms with Gasteiger partial charge in [0.15, 0.2) is 5.78 Å². The van der Waals surface area contributed by atoms with Crippen molar-refractivity contribution in [3.8, 4) is 5.75 Å². The fourth-order valence-corrected chi connectivity index (χ4v) is 3.11. The molecule has 3 rings (SSSR count). The van der Waals surface area contributed by atoms with E-state index in [9.17, 15) is 4.79 Å². The maximum absolute atomic E-state index is 12.4. The van der Waals surface area contributed by atoms with Crippen LogP contribution in [-0.2, 0) is 13.5 Å². The van der Waals surface area contributed by atoms with Gasteiger partial charge in [0.1, 0.15) is 10.6 Å². The maximum atomic E-state index is 12.4. The summed E-state index contributed by atoms with van der Waals surface area (Å²) in [6, 6.07) is 9.74. The van der Waals surface area contributed by atoms with Crippen LogP contribution in [0, 0.1) is 0 Å². The number of para-hydroxylation sites is 1. The lowest BCUT2D eigenvalue weighted by molar-refractivity contribution is 0.0993. The van der Waals surface area contributed by atoms with Crippen molar-refractivity contribution in [1.29, 1.82) is 0 Å². The summed E-state index contributed by atoms with van der Waals surface area (Å²) >= 11 is 1.40. The Bertz CT molecular complexity index is 773. The topological polar surface area (TPSA) is 44.1 Å². The molecule has 4 nitrogen and oxygen atoms in total. The molecule has 0 aliphatic carbocycles. The van der Waals surface area contributed by atoms with Gasteiger partial charge in [0, 0.05) is 12.4 Å². The Morgan fingerprint density at radius 1 is 1.35 bits per heavy atom. The van der Waals surface area contributed by atoms with Gasteiger partial charge in [-0.05, 0) is 17.5 Å². The molecule has 0 unspecified atom stereocenters. The Morgan fingerprint density at radius 2 is 2.15 bits per heavy atom. The van der Waals surface area contributed by atoms with Gasteiger partial charge < -0.3 is 4.74 Å². The predicted octanol–water partition coefficient (Wildman–Crippen LogP) is 3.07. The van der Waals surface area contributed by atoms with Crippen LogP contribution < -0.4 is 4.74 Å². The highest BCUT2D eigenvalue weighted by atomic mass is 32.1. The Hall–Kier alpha value is -2.14. The van der Waals surface area contributed by atoms with Crippen molar-refractivity contribution in [3.05, 3.63) is 46.3 Å². The smallest absolute Gasteiger partial charge is 0.182 e. The van der Waals surface area contributed by atoms with Crippen molar-refractivity contribution in [3.63, 3.8) is 0 Å². The molecule has 0 fully saturated rings. The number of aryl methyl sites for hydroxylation is 1. The number of aromatic nitrogens is 2. The highest BCUT2D eigenvalue weighted by molar-refractivity contribution is 7.12. The van der Waals surface area contributed by atoms with Crippen LogP contribution >= 0.6 is 11.3 Å². The summed E-state index contributed by atoms with van der Waals surface area (Å²) < 4.78 is 7.01. The van der Waals surface area contributed by atoms with Crippen LogP contribution in [0.1, 0.15) is 15.4 Å². The van der Waals surface area contributed by atoms with Crippen molar-refractivity contribution in [2.24, 2.45) is 7.05 Å². The van der Waals surface area contributed by atoms with Crippen molar-refractivity contribution in [1.82, 2.24) is 9.78 Å². The second-order valence-electron chi connectivity index (χ2n) is 4.51. The monoisotopic (exact) mass is 286 g/mol. The number of hydrogen-bond acceptors (Lipinski definition) is 4. The van der Waals surface area contributed by atoms with Crippen molar-refractivity contribution >= 4 is 28.0 Å². The molecule has 20 heavy (non-hydrogen) atoms. The zero-order valence-electron chi connectivity index (χ0n) is 11.3. The molecule has 0 aliphatic rings. The van der Waals surface area contributed by atoms with Gasteiger partial charge in [0.05, 0.1) is 24.7 Å². The minimum atomic E-state index is 0.0423. The van der Waals surface area contributed by atoms with Crippen molar-refractivity contribution in [2.75, 3.05) is 7.11 Å². The van der Waals surface area contributed by atoms with Crippen LogP contribution in [0.3, 0.4) is 0 Å². The number of benzene rings is 1. The van der Waals surface area contributed by atoms with Gasteiger partial charge in [-0.3, -0.25) is 9.48 Å². The number of methoxy groups -OCH3 is 1. The highest BCUT2D eigenvalue weighted by Crippen LogP contribution is 2.27. The molecule has 102 valence electrons.